The summed E-state index contributed by atoms with van der Waals surface area (Å²) in [5.74, 6) is 0.449. The van der Waals surface area contributed by atoms with Crippen LogP contribution in [0.2, 0.25) is 0 Å². The summed E-state index contributed by atoms with van der Waals surface area (Å²) in [6, 6.07) is 8.82. The maximum atomic E-state index is 14.3. The molecule has 2 saturated heterocycles. The largest absolute Gasteiger partial charge is 0.483 e. The molecule has 3 aromatic rings. The van der Waals surface area contributed by atoms with E-state index >= 15 is 0 Å². The van der Waals surface area contributed by atoms with Crippen molar-refractivity contribution in [1.29, 1.82) is 0 Å². The first-order valence-corrected chi connectivity index (χ1v) is 14.9. The number of piperidine rings is 1. The van der Waals surface area contributed by atoms with Gasteiger partial charge in [0.05, 0.1) is 23.7 Å². The van der Waals surface area contributed by atoms with Crippen LogP contribution in [0.1, 0.15) is 46.1 Å². The fourth-order valence-corrected chi connectivity index (χ4v) is 6.21. The number of ether oxygens (including phenoxy) is 1. The Kier molecular flexibility index (Phi) is 8.64. The highest BCUT2D eigenvalue weighted by molar-refractivity contribution is 5.94. The van der Waals surface area contributed by atoms with Gasteiger partial charge in [0.1, 0.15) is 5.82 Å². The van der Waals surface area contributed by atoms with Crippen molar-refractivity contribution in [3.05, 3.63) is 88.3 Å². The maximum absolute atomic E-state index is 14.3. The lowest BCUT2D eigenvalue weighted by Crippen LogP contribution is -2.48. The second kappa shape index (κ2) is 12.6. The molecule has 2 N–H and O–H groups in total. The Balaban J connectivity index is 1.01. The Morgan fingerprint density at radius 2 is 1.73 bits per heavy atom. The van der Waals surface area contributed by atoms with Gasteiger partial charge in [0.15, 0.2) is 11.7 Å². The van der Waals surface area contributed by atoms with Crippen molar-refractivity contribution in [3.8, 4) is 0 Å². The van der Waals surface area contributed by atoms with Crippen LogP contribution >= 0.6 is 0 Å². The van der Waals surface area contributed by atoms with Crippen LogP contribution in [0.4, 0.5) is 17.6 Å². The third kappa shape index (κ3) is 6.76. The zero-order chi connectivity index (χ0) is 30.8. The number of carbonyl (C=O) groups is 1. The number of methoxy groups -OCH3 is 1. The van der Waals surface area contributed by atoms with Crippen molar-refractivity contribution in [2.45, 2.75) is 31.5 Å². The Bertz CT molecular complexity index is 1570. The number of piperazine rings is 1. The molecule has 0 radical (unpaired) electrons. The van der Waals surface area contributed by atoms with Crippen molar-refractivity contribution in [3.63, 3.8) is 0 Å². The molecule has 3 aliphatic rings. The predicted molar refractivity (Wildman–Crippen MR) is 158 cm³/mol. The second-order valence-corrected chi connectivity index (χ2v) is 11.7. The number of carbonyl (C=O) groups excluding carboxylic acids is 1. The van der Waals surface area contributed by atoms with Crippen molar-refractivity contribution in [1.82, 2.24) is 30.0 Å². The van der Waals surface area contributed by atoms with Crippen LogP contribution in [-0.4, -0.2) is 90.0 Å². The summed E-state index contributed by atoms with van der Waals surface area (Å²) in [5.41, 5.74) is 3.37. The van der Waals surface area contributed by atoms with Crippen molar-refractivity contribution in [2.24, 2.45) is 0 Å². The smallest absolute Gasteiger partial charge is 0.416 e. The summed E-state index contributed by atoms with van der Waals surface area (Å²) in [6.07, 6.45) is 1.65. The molecule has 0 spiro atoms. The molecule has 0 unspecified atom stereocenters. The van der Waals surface area contributed by atoms with Gasteiger partial charge in [-0.25, -0.2) is 9.37 Å². The number of fused-ring (bicyclic) bond motifs is 1. The molecular formula is C32H36F4N6O2. The molecule has 6 rings (SSSR count). The van der Waals surface area contributed by atoms with Crippen molar-refractivity contribution in [2.75, 3.05) is 59.5 Å². The van der Waals surface area contributed by atoms with Crippen LogP contribution in [0, 0.1) is 5.82 Å². The SMILES string of the molecule is COC1=CC=C(CN2CCC(c3ccc4nc(C(=O)N5CCN(Cc6ccc(C(F)(F)F)cc6F)CC5)[nH]c4c3)CC2)CN1. The number of imidazole rings is 1. The lowest BCUT2D eigenvalue weighted by molar-refractivity contribution is -0.137. The Morgan fingerprint density at radius 1 is 0.977 bits per heavy atom. The molecule has 44 heavy (non-hydrogen) atoms. The summed E-state index contributed by atoms with van der Waals surface area (Å²) in [4.78, 5) is 27.2. The molecule has 0 saturated carbocycles. The van der Waals surface area contributed by atoms with E-state index in [1.807, 2.05) is 17.0 Å². The number of dihydropyridines is 1. The molecular weight excluding hydrogens is 576 g/mol. The number of amides is 1. The van der Waals surface area contributed by atoms with Crippen LogP contribution in [0.25, 0.3) is 11.0 Å². The third-order valence-corrected chi connectivity index (χ3v) is 8.81. The summed E-state index contributed by atoms with van der Waals surface area (Å²) < 4.78 is 58.1. The molecule has 4 heterocycles. The average Bonchev–Trinajstić information content (AvgIpc) is 3.46. The molecule has 0 aliphatic carbocycles. The number of allylic oxidation sites excluding steroid dienone is 2. The molecule has 0 bridgehead atoms. The number of hydrogen-bond acceptors (Lipinski definition) is 6. The monoisotopic (exact) mass is 612 g/mol. The van der Waals surface area contributed by atoms with E-state index in [0.29, 0.717) is 38.2 Å². The van der Waals surface area contributed by atoms with Crippen LogP contribution in [0.5, 0.6) is 0 Å². The van der Waals surface area contributed by atoms with Crippen molar-refractivity contribution < 1.29 is 27.1 Å². The quantitative estimate of drug-likeness (QED) is 0.371. The Labute approximate surface area is 253 Å². The van der Waals surface area contributed by atoms with Crippen molar-refractivity contribution >= 4 is 16.9 Å². The van der Waals surface area contributed by atoms with Crippen LogP contribution in [0.15, 0.2) is 60.0 Å². The number of H-pyrrole nitrogens is 1. The Morgan fingerprint density at radius 3 is 2.39 bits per heavy atom. The van der Waals surface area contributed by atoms with Gasteiger partial charge in [-0.05, 0) is 73.3 Å². The first-order valence-electron chi connectivity index (χ1n) is 14.9. The standard InChI is InChI=1S/C32H36F4N6O2/c1-44-29-7-2-21(18-37-29)19-40-10-8-22(9-11-40)23-4-6-27-28(16-23)39-30(38-27)31(43)42-14-12-41(13-15-42)20-24-3-5-25(17-26(24)33)32(34,35)36/h2-7,16-17,22,37H,8-15,18-20H2,1H3,(H,38,39). The van der Waals surface area contributed by atoms with E-state index in [9.17, 15) is 22.4 Å². The maximum Gasteiger partial charge on any atom is 0.416 e. The van der Waals surface area contributed by atoms with E-state index in [-0.39, 0.29) is 23.8 Å². The molecule has 3 aliphatic heterocycles. The lowest BCUT2D eigenvalue weighted by atomic mass is 9.89. The zero-order valence-corrected chi connectivity index (χ0v) is 24.6. The van der Waals surface area contributed by atoms with Gasteiger partial charge in [-0.15, -0.1) is 0 Å². The number of benzene rings is 2. The minimum absolute atomic E-state index is 0.181. The Hall–Kier alpha value is -3.90. The lowest BCUT2D eigenvalue weighted by Gasteiger charge is -2.34. The normalized spacial score (nSPS) is 19.1. The number of hydrogen-bond donors (Lipinski definition) is 2. The molecule has 234 valence electrons. The highest BCUT2D eigenvalue weighted by atomic mass is 19.4. The van der Waals surface area contributed by atoms with Gasteiger partial charge in [0, 0.05) is 51.4 Å². The minimum Gasteiger partial charge on any atom is -0.483 e. The number of aromatic amines is 1. The summed E-state index contributed by atoms with van der Waals surface area (Å²) in [6.45, 7) is 5.75. The van der Waals surface area contributed by atoms with Crippen LogP contribution in [0.3, 0.4) is 0 Å². The van der Waals surface area contributed by atoms with E-state index in [0.717, 1.165) is 62.0 Å². The number of nitrogens with one attached hydrogen (secondary N) is 2. The molecule has 2 aromatic carbocycles. The van der Waals surface area contributed by atoms with E-state index in [1.165, 1.54) is 17.2 Å². The van der Waals surface area contributed by atoms with Crippen LogP contribution in [-0.2, 0) is 17.5 Å². The average molecular weight is 613 g/mol. The molecule has 1 aromatic heterocycles. The van der Waals surface area contributed by atoms with E-state index in [2.05, 4.69) is 38.4 Å². The first-order chi connectivity index (χ1) is 21.2. The summed E-state index contributed by atoms with van der Waals surface area (Å²) in [7, 11) is 1.66. The first kappa shape index (κ1) is 30.1. The van der Waals surface area contributed by atoms with Gasteiger partial charge in [0.2, 0.25) is 0 Å². The number of aromatic nitrogens is 2. The van der Waals surface area contributed by atoms with Gasteiger partial charge in [-0.2, -0.15) is 13.2 Å². The minimum atomic E-state index is -4.58. The molecule has 2 fully saturated rings. The van der Waals surface area contributed by atoms with E-state index in [4.69, 9.17) is 4.74 Å². The summed E-state index contributed by atoms with van der Waals surface area (Å²) >= 11 is 0. The molecule has 12 heteroatoms. The van der Waals surface area contributed by atoms with Gasteiger partial charge in [-0.3, -0.25) is 14.6 Å². The predicted octanol–water partition coefficient (Wildman–Crippen LogP) is 4.88. The number of halogens is 4. The second-order valence-electron chi connectivity index (χ2n) is 11.7. The fourth-order valence-electron chi connectivity index (χ4n) is 6.21. The van der Waals surface area contributed by atoms with E-state index < -0.39 is 17.6 Å². The summed E-state index contributed by atoms with van der Waals surface area (Å²) in [5, 5.41) is 3.27. The topological polar surface area (TPSA) is 76.7 Å². The highest BCUT2D eigenvalue weighted by Gasteiger charge is 2.32. The van der Waals surface area contributed by atoms with Gasteiger partial charge < -0.3 is 19.9 Å². The van der Waals surface area contributed by atoms with E-state index in [1.54, 1.807) is 12.0 Å². The molecule has 0 atom stereocenters. The highest BCUT2D eigenvalue weighted by Crippen LogP contribution is 2.32. The molecule has 1 amide bonds. The number of alkyl halides is 3. The van der Waals surface area contributed by atoms with Gasteiger partial charge >= 0.3 is 6.18 Å². The number of rotatable bonds is 7. The third-order valence-electron chi connectivity index (χ3n) is 8.81. The number of nitrogens with zero attached hydrogens (tertiary/aromatic N) is 4. The zero-order valence-electron chi connectivity index (χ0n) is 24.6. The fraction of sp³-hybridized carbons (Fsp3) is 0.438. The van der Waals surface area contributed by atoms with Gasteiger partial charge in [-0.1, -0.05) is 18.2 Å². The van der Waals surface area contributed by atoms with Crippen LogP contribution < -0.4 is 5.32 Å². The van der Waals surface area contributed by atoms with Gasteiger partial charge in [0.25, 0.3) is 5.91 Å². The number of likely N-dealkylation sites (tertiary alicyclic amines) is 1. The molecule has 8 nitrogen and oxygen atoms in total.